The van der Waals surface area contributed by atoms with E-state index in [2.05, 4.69) is 9.97 Å². The summed E-state index contributed by atoms with van der Waals surface area (Å²) >= 11 is 0. The molecule has 0 bridgehead atoms. The second-order valence-electron chi connectivity index (χ2n) is 6.51. The maximum Gasteiger partial charge on any atom is 0.239 e. The Morgan fingerprint density at radius 3 is 2.48 bits per heavy atom. The number of amides is 1. The Morgan fingerprint density at radius 2 is 1.83 bits per heavy atom. The third-order valence-corrected chi connectivity index (χ3v) is 4.38. The van der Waals surface area contributed by atoms with Crippen molar-refractivity contribution in [1.29, 1.82) is 0 Å². The molecule has 0 radical (unpaired) electrons. The van der Waals surface area contributed by atoms with Gasteiger partial charge in [-0.1, -0.05) is 0 Å². The molecule has 8 heteroatoms. The largest absolute Gasteiger partial charge is 0.461 e. The van der Waals surface area contributed by atoms with Crippen LogP contribution < -0.4 is 9.64 Å². The first-order valence-corrected chi connectivity index (χ1v) is 9.05. The third-order valence-electron chi connectivity index (χ3n) is 4.38. The smallest absolute Gasteiger partial charge is 0.239 e. The molecule has 3 rings (SSSR count). The summed E-state index contributed by atoms with van der Waals surface area (Å²) in [6.45, 7) is 2.71. The molecule has 0 aliphatic heterocycles. The van der Waals surface area contributed by atoms with Crippen molar-refractivity contribution in [3.05, 3.63) is 66.4 Å². The maximum absolute atomic E-state index is 12.3. The zero-order chi connectivity index (χ0) is 20.8. The van der Waals surface area contributed by atoms with Gasteiger partial charge in [0.2, 0.25) is 17.6 Å². The van der Waals surface area contributed by atoms with Crippen molar-refractivity contribution in [1.82, 2.24) is 14.9 Å². The van der Waals surface area contributed by atoms with Crippen molar-refractivity contribution in [2.45, 2.75) is 6.92 Å². The van der Waals surface area contributed by atoms with E-state index in [1.165, 1.54) is 19.4 Å². The van der Waals surface area contributed by atoms with E-state index >= 15 is 0 Å². The fourth-order valence-electron chi connectivity index (χ4n) is 2.49. The first-order chi connectivity index (χ1) is 13.9. The van der Waals surface area contributed by atoms with Crippen LogP contribution in [0.25, 0.3) is 0 Å². The highest BCUT2D eigenvalue weighted by atomic mass is 16.5. The number of ketones is 1. The lowest BCUT2D eigenvalue weighted by Crippen LogP contribution is -2.33. The Morgan fingerprint density at radius 1 is 1.07 bits per heavy atom. The third kappa shape index (κ3) is 5.19. The minimum Gasteiger partial charge on any atom is -0.461 e. The summed E-state index contributed by atoms with van der Waals surface area (Å²) in [6, 6.07) is 10.0. The van der Waals surface area contributed by atoms with E-state index < -0.39 is 0 Å². The summed E-state index contributed by atoms with van der Waals surface area (Å²) in [5.41, 5.74) is 0.501. The molecular formula is C21H22N4O4. The van der Waals surface area contributed by atoms with Crippen molar-refractivity contribution in [3.63, 3.8) is 0 Å². The standard InChI is InChI=1S/C21H22N4O4/c1-15(26)24(2)10-11-25(3)19-13-22-14-20(23-19)29-17-8-6-16(7-9-17)21(27)18-5-4-12-28-18/h4-9,12-14H,10-11H2,1-3H3. The molecule has 8 nitrogen and oxygen atoms in total. The summed E-state index contributed by atoms with van der Waals surface area (Å²) in [4.78, 5) is 35.7. The molecule has 29 heavy (non-hydrogen) atoms. The zero-order valence-electron chi connectivity index (χ0n) is 16.5. The number of likely N-dealkylation sites (N-methyl/N-ethyl adjacent to an activating group) is 2. The number of furan rings is 1. The number of hydrogen-bond donors (Lipinski definition) is 0. The van der Waals surface area contributed by atoms with Gasteiger partial charge in [-0.05, 0) is 36.4 Å². The summed E-state index contributed by atoms with van der Waals surface area (Å²) in [6.07, 6.45) is 4.61. The van der Waals surface area contributed by atoms with E-state index in [-0.39, 0.29) is 17.5 Å². The topological polar surface area (TPSA) is 88.8 Å². The first kappa shape index (κ1) is 20.1. The zero-order valence-corrected chi connectivity index (χ0v) is 16.5. The molecule has 0 saturated carbocycles. The molecule has 1 amide bonds. The highest BCUT2D eigenvalue weighted by Crippen LogP contribution is 2.22. The van der Waals surface area contributed by atoms with E-state index in [4.69, 9.17) is 9.15 Å². The Labute approximate surface area is 168 Å². The number of carbonyl (C=O) groups excluding carboxylic acids is 2. The quantitative estimate of drug-likeness (QED) is 0.543. The first-order valence-electron chi connectivity index (χ1n) is 9.05. The van der Waals surface area contributed by atoms with Crippen LogP contribution >= 0.6 is 0 Å². The molecule has 0 aliphatic carbocycles. The van der Waals surface area contributed by atoms with Gasteiger partial charge in [0.1, 0.15) is 5.75 Å². The second kappa shape index (κ2) is 9.01. The van der Waals surface area contributed by atoms with Gasteiger partial charge in [-0.2, -0.15) is 4.98 Å². The molecule has 0 fully saturated rings. The van der Waals surface area contributed by atoms with Crippen LogP contribution in [0.2, 0.25) is 0 Å². The van der Waals surface area contributed by atoms with Gasteiger partial charge in [0, 0.05) is 39.7 Å². The van der Waals surface area contributed by atoms with Crippen LogP contribution in [0.5, 0.6) is 11.6 Å². The van der Waals surface area contributed by atoms with E-state index in [1.807, 2.05) is 11.9 Å². The van der Waals surface area contributed by atoms with Crippen molar-refractivity contribution in [2.75, 3.05) is 32.1 Å². The van der Waals surface area contributed by atoms with Crippen molar-refractivity contribution in [3.8, 4) is 11.6 Å². The molecule has 2 aromatic heterocycles. The molecule has 0 N–H and O–H groups in total. The lowest BCUT2D eigenvalue weighted by molar-refractivity contribution is -0.127. The number of ether oxygens (including phenoxy) is 1. The highest BCUT2D eigenvalue weighted by molar-refractivity contribution is 6.07. The van der Waals surface area contributed by atoms with Crippen LogP contribution in [0.4, 0.5) is 5.82 Å². The summed E-state index contributed by atoms with van der Waals surface area (Å²) in [5.74, 6) is 1.60. The molecule has 0 spiro atoms. The van der Waals surface area contributed by atoms with Crippen LogP contribution in [-0.4, -0.2) is 53.7 Å². The number of aromatic nitrogens is 2. The van der Waals surface area contributed by atoms with Crippen LogP contribution in [-0.2, 0) is 4.79 Å². The van der Waals surface area contributed by atoms with Gasteiger partial charge in [0.15, 0.2) is 11.6 Å². The molecule has 0 unspecified atom stereocenters. The van der Waals surface area contributed by atoms with E-state index in [1.54, 1.807) is 54.5 Å². The number of benzene rings is 1. The van der Waals surface area contributed by atoms with E-state index in [0.717, 1.165) is 0 Å². The number of anilines is 1. The van der Waals surface area contributed by atoms with E-state index in [0.29, 0.717) is 36.1 Å². The van der Waals surface area contributed by atoms with Gasteiger partial charge in [0.05, 0.1) is 18.7 Å². The van der Waals surface area contributed by atoms with Gasteiger partial charge in [-0.15, -0.1) is 0 Å². The lowest BCUT2D eigenvalue weighted by atomic mass is 10.1. The van der Waals surface area contributed by atoms with E-state index in [9.17, 15) is 9.59 Å². The number of hydrogen-bond acceptors (Lipinski definition) is 7. The minimum absolute atomic E-state index is 0.00976. The number of carbonyl (C=O) groups is 2. The monoisotopic (exact) mass is 394 g/mol. The molecule has 0 atom stereocenters. The molecule has 1 aromatic carbocycles. The summed E-state index contributed by atoms with van der Waals surface area (Å²) in [5, 5.41) is 0. The fourth-order valence-corrected chi connectivity index (χ4v) is 2.49. The van der Waals surface area contributed by atoms with Crippen LogP contribution in [0.3, 0.4) is 0 Å². The van der Waals surface area contributed by atoms with Crippen LogP contribution in [0.1, 0.15) is 23.0 Å². The lowest BCUT2D eigenvalue weighted by Gasteiger charge is -2.22. The molecule has 0 saturated heterocycles. The molecule has 0 aliphatic rings. The normalized spacial score (nSPS) is 10.4. The predicted molar refractivity (Wildman–Crippen MR) is 107 cm³/mol. The fraction of sp³-hybridized carbons (Fsp3) is 0.238. The summed E-state index contributed by atoms with van der Waals surface area (Å²) in [7, 11) is 3.62. The van der Waals surface area contributed by atoms with Gasteiger partial charge in [-0.25, -0.2) is 0 Å². The van der Waals surface area contributed by atoms with Crippen LogP contribution in [0.15, 0.2) is 59.5 Å². The molecule has 150 valence electrons. The Kier molecular flexibility index (Phi) is 6.23. The molecular weight excluding hydrogens is 372 g/mol. The second-order valence-corrected chi connectivity index (χ2v) is 6.51. The minimum atomic E-state index is -0.194. The maximum atomic E-state index is 12.3. The average Bonchev–Trinajstić information content (AvgIpc) is 3.27. The Bertz CT molecular complexity index is 971. The Hall–Kier alpha value is -3.68. The van der Waals surface area contributed by atoms with Gasteiger partial charge in [-0.3, -0.25) is 14.6 Å². The van der Waals surface area contributed by atoms with Gasteiger partial charge < -0.3 is 19.0 Å². The molecule has 2 heterocycles. The molecule has 3 aromatic rings. The van der Waals surface area contributed by atoms with Gasteiger partial charge in [0.25, 0.3) is 0 Å². The van der Waals surface area contributed by atoms with Gasteiger partial charge >= 0.3 is 0 Å². The van der Waals surface area contributed by atoms with Crippen molar-refractivity contribution in [2.24, 2.45) is 0 Å². The Balaban J connectivity index is 1.64. The summed E-state index contributed by atoms with van der Waals surface area (Å²) < 4.78 is 10.9. The van der Waals surface area contributed by atoms with Crippen molar-refractivity contribution >= 4 is 17.5 Å². The van der Waals surface area contributed by atoms with Crippen molar-refractivity contribution < 1.29 is 18.7 Å². The number of nitrogens with zero attached hydrogens (tertiary/aromatic N) is 4. The predicted octanol–water partition coefficient (Wildman–Crippen LogP) is 3.01. The van der Waals surface area contributed by atoms with Crippen LogP contribution in [0, 0.1) is 0 Å². The highest BCUT2D eigenvalue weighted by Gasteiger charge is 2.12. The average molecular weight is 394 g/mol. The SMILES string of the molecule is CC(=O)N(C)CCN(C)c1cncc(Oc2ccc(C(=O)c3ccco3)cc2)n1. The number of rotatable bonds is 8.